The van der Waals surface area contributed by atoms with Gasteiger partial charge >= 0.3 is 0 Å². The van der Waals surface area contributed by atoms with Gasteiger partial charge < -0.3 is 9.47 Å². The zero-order chi connectivity index (χ0) is 17.2. The topological polar surface area (TPSA) is 76.4 Å². The van der Waals surface area contributed by atoms with Gasteiger partial charge in [-0.15, -0.1) is 0 Å². The van der Waals surface area contributed by atoms with Crippen LogP contribution in [0.3, 0.4) is 0 Å². The van der Waals surface area contributed by atoms with Crippen molar-refractivity contribution in [2.24, 2.45) is 0 Å². The highest BCUT2D eigenvalue weighted by Crippen LogP contribution is 2.32. The molecule has 0 radical (unpaired) electrons. The van der Waals surface area contributed by atoms with E-state index in [-0.39, 0.29) is 9.80 Å². The Morgan fingerprint density at radius 1 is 1.08 bits per heavy atom. The van der Waals surface area contributed by atoms with Gasteiger partial charge in [0.05, 0.1) is 4.90 Å². The fourth-order valence-electron chi connectivity index (χ4n) is 2.21. The van der Waals surface area contributed by atoms with Gasteiger partial charge in [0.25, 0.3) is 0 Å². The summed E-state index contributed by atoms with van der Waals surface area (Å²) in [4.78, 5) is -0.348. The number of nitrogens with zero attached hydrogens (tertiary/aromatic N) is 1. The number of hydrogen-bond acceptors (Lipinski definition) is 5. The second-order valence-corrected chi connectivity index (χ2v) is 7.34. The van der Waals surface area contributed by atoms with E-state index in [0.29, 0.717) is 35.3 Å². The molecule has 0 N–H and O–H groups in total. The molecule has 24 heavy (non-hydrogen) atoms. The lowest BCUT2D eigenvalue weighted by molar-refractivity contribution is 0.171. The molecular weight excluding hydrogens is 350 g/mol. The molecule has 0 unspecified atom stereocenters. The minimum Gasteiger partial charge on any atom is -0.486 e. The van der Waals surface area contributed by atoms with Crippen molar-refractivity contribution >= 4 is 27.5 Å². The standard InChI is InChI=1S/C17H12ClNO4S/c18-13-2-4-14(5-3-13)24(20,21)15(11-19)9-12-1-6-16-17(10-12)23-8-7-22-16/h1-6,9-10H,7-8H2/b15-9+. The number of fused-ring (bicyclic) bond motifs is 1. The first kappa shape index (κ1) is 16.4. The van der Waals surface area contributed by atoms with Crippen molar-refractivity contribution in [3.05, 3.63) is 58.0 Å². The Bertz CT molecular complexity index is 944. The lowest BCUT2D eigenvalue weighted by Crippen LogP contribution is -2.15. The minimum absolute atomic E-state index is 0.0113. The number of allylic oxidation sites excluding steroid dienone is 1. The van der Waals surface area contributed by atoms with Crippen molar-refractivity contribution in [2.75, 3.05) is 13.2 Å². The van der Waals surface area contributed by atoms with Gasteiger partial charge in [-0.25, -0.2) is 8.42 Å². The highest BCUT2D eigenvalue weighted by Gasteiger charge is 2.21. The molecule has 5 nitrogen and oxygen atoms in total. The first-order valence-corrected chi connectivity index (χ1v) is 8.89. The van der Waals surface area contributed by atoms with Gasteiger partial charge in [-0.05, 0) is 48.0 Å². The summed E-state index contributed by atoms with van der Waals surface area (Å²) in [5, 5.41) is 9.72. The van der Waals surface area contributed by atoms with Crippen molar-refractivity contribution in [3.63, 3.8) is 0 Å². The highest BCUT2D eigenvalue weighted by atomic mass is 35.5. The molecule has 0 saturated heterocycles. The van der Waals surface area contributed by atoms with Crippen molar-refractivity contribution in [2.45, 2.75) is 4.90 Å². The molecule has 3 rings (SSSR count). The van der Waals surface area contributed by atoms with E-state index in [1.807, 2.05) is 0 Å². The van der Waals surface area contributed by atoms with Crippen LogP contribution in [0.15, 0.2) is 52.3 Å². The Hall–Kier alpha value is -2.49. The van der Waals surface area contributed by atoms with Crippen LogP contribution < -0.4 is 9.47 Å². The summed E-state index contributed by atoms with van der Waals surface area (Å²) in [6.45, 7) is 0.894. The van der Waals surface area contributed by atoms with Crippen LogP contribution in [0.1, 0.15) is 5.56 Å². The van der Waals surface area contributed by atoms with Gasteiger partial charge in [-0.3, -0.25) is 0 Å². The lowest BCUT2D eigenvalue weighted by atomic mass is 10.2. The molecular formula is C17H12ClNO4S. The van der Waals surface area contributed by atoms with E-state index in [0.717, 1.165) is 0 Å². The monoisotopic (exact) mass is 361 g/mol. The number of benzene rings is 2. The maximum absolute atomic E-state index is 12.6. The van der Waals surface area contributed by atoms with Crippen LogP contribution in [-0.4, -0.2) is 21.6 Å². The molecule has 0 saturated carbocycles. The number of sulfone groups is 1. The molecule has 2 aromatic rings. The first-order valence-electron chi connectivity index (χ1n) is 7.03. The zero-order valence-electron chi connectivity index (χ0n) is 12.4. The number of hydrogen-bond donors (Lipinski definition) is 0. The second kappa shape index (κ2) is 6.56. The normalized spacial score (nSPS) is 14.1. The molecule has 0 aromatic heterocycles. The molecule has 1 heterocycles. The molecule has 1 aliphatic heterocycles. The Kier molecular flexibility index (Phi) is 4.47. The van der Waals surface area contributed by atoms with E-state index in [2.05, 4.69) is 0 Å². The summed E-state index contributed by atoms with van der Waals surface area (Å²) >= 11 is 5.77. The Labute approximate surface area is 144 Å². The van der Waals surface area contributed by atoms with Gasteiger partial charge in [0, 0.05) is 5.02 Å². The summed E-state index contributed by atoms with van der Waals surface area (Å²) in [6, 6.07) is 12.4. The Balaban J connectivity index is 2.00. The fraction of sp³-hybridized carbons (Fsp3) is 0.118. The third-order valence-corrected chi connectivity index (χ3v) is 5.32. The van der Waals surface area contributed by atoms with Crippen LogP contribution in [-0.2, 0) is 9.84 Å². The molecule has 0 spiro atoms. The van der Waals surface area contributed by atoms with Gasteiger partial charge in [-0.2, -0.15) is 5.26 Å². The molecule has 0 amide bonds. The second-order valence-electron chi connectivity index (χ2n) is 4.98. The summed E-state index contributed by atoms with van der Waals surface area (Å²) in [5.41, 5.74) is 0.535. The summed E-state index contributed by atoms with van der Waals surface area (Å²) in [5.74, 6) is 1.12. The third-order valence-electron chi connectivity index (χ3n) is 3.39. The van der Waals surface area contributed by atoms with E-state index >= 15 is 0 Å². The molecule has 0 atom stereocenters. The summed E-state index contributed by atoms with van der Waals surface area (Å²) < 4.78 is 36.0. The van der Waals surface area contributed by atoms with Gasteiger partial charge in [-0.1, -0.05) is 17.7 Å². The van der Waals surface area contributed by atoms with E-state index in [9.17, 15) is 13.7 Å². The number of halogens is 1. The largest absolute Gasteiger partial charge is 0.486 e. The van der Waals surface area contributed by atoms with E-state index in [1.165, 1.54) is 30.3 Å². The molecule has 0 aliphatic carbocycles. The number of rotatable bonds is 3. The first-order chi connectivity index (χ1) is 11.5. The van der Waals surface area contributed by atoms with Crippen LogP contribution in [0.4, 0.5) is 0 Å². The minimum atomic E-state index is -3.92. The Morgan fingerprint density at radius 3 is 2.42 bits per heavy atom. The summed E-state index contributed by atoms with van der Waals surface area (Å²) in [6.07, 6.45) is 1.31. The molecule has 7 heteroatoms. The van der Waals surface area contributed by atoms with Crippen molar-refractivity contribution in [1.29, 1.82) is 5.26 Å². The van der Waals surface area contributed by atoms with Gasteiger partial charge in [0.15, 0.2) is 11.5 Å². The molecule has 122 valence electrons. The fourth-order valence-corrected chi connectivity index (χ4v) is 3.50. The van der Waals surface area contributed by atoms with Crippen molar-refractivity contribution in [3.8, 4) is 17.6 Å². The average molecular weight is 362 g/mol. The van der Waals surface area contributed by atoms with Crippen LogP contribution in [0.25, 0.3) is 6.08 Å². The smallest absolute Gasteiger partial charge is 0.216 e. The predicted molar refractivity (Wildman–Crippen MR) is 89.7 cm³/mol. The van der Waals surface area contributed by atoms with Crippen LogP contribution in [0, 0.1) is 11.3 Å². The van der Waals surface area contributed by atoms with Crippen molar-refractivity contribution in [1.82, 2.24) is 0 Å². The van der Waals surface area contributed by atoms with Crippen LogP contribution >= 0.6 is 11.6 Å². The highest BCUT2D eigenvalue weighted by molar-refractivity contribution is 7.95. The lowest BCUT2D eigenvalue weighted by Gasteiger charge is -2.18. The van der Waals surface area contributed by atoms with Crippen LogP contribution in [0.2, 0.25) is 5.02 Å². The molecule has 0 bridgehead atoms. The quantitative estimate of drug-likeness (QED) is 0.782. The van der Waals surface area contributed by atoms with E-state index in [4.69, 9.17) is 21.1 Å². The summed E-state index contributed by atoms with van der Waals surface area (Å²) in [7, 11) is -3.92. The predicted octanol–water partition coefficient (Wildman–Crippen LogP) is 3.45. The van der Waals surface area contributed by atoms with Gasteiger partial charge in [0.1, 0.15) is 24.2 Å². The van der Waals surface area contributed by atoms with Gasteiger partial charge in [0.2, 0.25) is 9.84 Å². The SMILES string of the molecule is N#C/C(=C\c1ccc2c(c1)OCCO2)S(=O)(=O)c1ccc(Cl)cc1. The van der Waals surface area contributed by atoms with E-state index < -0.39 is 9.84 Å². The van der Waals surface area contributed by atoms with Crippen LogP contribution in [0.5, 0.6) is 11.5 Å². The average Bonchev–Trinajstić information content (AvgIpc) is 2.59. The third kappa shape index (κ3) is 3.23. The maximum atomic E-state index is 12.6. The molecule has 2 aromatic carbocycles. The van der Waals surface area contributed by atoms with Crippen molar-refractivity contribution < 1.29 is 17.9 Å². The molecule has 0 fully saturated rings. The number of nitriles is 1. The maximum Gasteiger partial charge on any atom is 0.216 e. The number of ether oxygens (including phenoxy) is 2. The van der Waals surface area contributed by atoms with E-state index in [1.54, 1.807) is 24.3 Å². The zero-order valence-corrected chi connectivity index (χ0v) is 14.0. The Morgan fingerprint density at radius 2 is 1.75 bits per heavy atom. The molecule has 1 aliphatic rings.